The molecule has 8 atom stereocenters. The number of carbonyl (C=O) groups is 1. The first-order chi connectivity index (χ1) is 10.4. The fourth-order valence-electron chi connectivity index (χ4n) is 7.06. The Morgan fingerprint density at radius 1 is 0.955 bits per heavy atom. The number of aliphatic hydroxyl groups is 2. The molecule has 2 N–H and O–H groups in total. The van der Waals surface area contributed by atoms with Gasteiger partial charge in [0.05, 0.1) is 12.2 Å². The first kappa shape index (κ1) is 15.1. The van der Waals surface area contributed by atoms with Crippen molar-refractivity contribution in [3.63, 3.8) is 0 Å². The highest BCUT2D eigenvalue weighted by molar-refractivity contribution is 5.79. The standard InChI is InChI=1S/C19H30O3/c1-18-7-5-11(20)9-15(18)16(21)10-12-13-3-4-17(22)19(13,2)8-6-14(12)18/h12-17,21-22H,3-10H2,1-2H3/t12?,13?,14?,15-,16+,17+,18?,19?/m1/s1. The largest absolute Gasteiger partial charge is 0.393 e. The summed E-state index contributed by atoms with van der Waals surface area (Å²) in [6.07, 6.45) is 6.95. The van der Waals surface area contributed by atoms with Crippen molar-refractivity contribution < 1.29 is 15.0 Å². The number of hydrogen-bond donors (Lipinski definition) is 2. The van der Waals surface area contributed by atoms with E-state index in [1.54, 1.807) is 0 Å². The molecule has 3 nitrogen and oxygen atoms in total. The van der Waals surface area contributed by atoms with Crippen molar-refractivity contribution in [2.45, 2.75) is 77.4 Å². The van der Waals surface area contributed by atoms with Gasteiger partial charge >= 0.3 is 0 Å². The fourth-order valence-corrected chi connectivity index (χ4v) is 7.06. The monoisotopic (exact) mass is 306 g/mol. The molecule has 124 valence electrons. The highest BCUT2D eigenvalue weighted by Gasteiger charge is 2.61. The van der Waals surface area contributed by atoms with Crippen molar-refractivity contribution in [2.75, 3.05) is 0 Å². The first-order valence-electron chi connectivity index (χ1n) is 9.24. The smallest absolute Gasteiger partial charge is 0.133 e. The molecule has 0 aromatic heterocycles. The zero-order valence-electron chi connectivity index (χ0n) is 13.9. The van der Waals surface area contributed by atoms with Crippen LogP contribution in [0, 0.1) is 34.5 Å². The summed E-state index contributed by atoms with van der Waals surface area (Å²) in [5, 5.41) is 21.2. The van der Waals surface area contributed by atoms with Gasteiger partial charge in [-0.2, -0.15) is 0 Å². The molecule has 0 saturated heterocycles. The summed E-state index contributed by atoms with van der Waals surface area (Å²) in [4.78, 5) is 11.9. The van der Waals surface area contributed by atoms with Crippen LogP contribution in [0.5, 0.6) is 0 Å². The quantitative estimate of drug-likeness (QED) is 0.723. The number of carbonyl (C=O) groups excluding carboxylic acids is 1. The summed E-state index contributed by atoms with van der Waals surface area (Å²) in [6, 6.07) is 0. The molecule has 0 amide bonds. The van der Waals surface area contributed by atoms with E-state index in [4.69, 9.17) is 0 Å². The minimum Gasteiger partial charge on any atom is -0.393 e. The summed E-state index contributed by atoms with van der Waals surface area (Å²) < 4.78 is 0. The SMILES string of the molecule is CC12CCC(=O)C[C@@H]1[C@@H](O)CC1C2CCC2(C)C1CC[C@@H]2O. The van der Waals surface area contributed by atoms with E-state index in [0.29, 0.717) is 36.4 Å². The molecule has 0 bridgehead atoms. The Bertz CT molecular complexity index is 489. The summed E-state index contributed by atoms with van der Waals surface area (Å²) >= 11 is 0. The van der Waals surface area contributed by atoms with Gasteiger partial charge in [0.25, 0.3) is 0 Å². The summed E-state index contributed by atoms with van der Waals surface area (Å²) in [5.74, 6) is 2.26. The summed E-state index contributed by atoms with van der Waals surface area (Å²) in [7, 11) is 0. The van der Waals surface area contributed by atoms with Crippen molar-refractivity contribution in [3.05, 3.63) is 0 Å². The lowest BCUT2D eigenvalue weighted by molar-refractivity contribution is -0.168. The van der Waals surface area contributed by atoms with Crippen LogP contribution in [0.2, 0.25) is 0 Å². The molecule has 4 aliphatic carbocycles. The molecular formula is C19H30O3. The molecule has 5 unspecified atom stereocenters. The molecule has 0 aliphatic heterocycles. The zero-order valence-corrected chi connectivity index (χ0v) is 13.9. The van der Waals surface area contributed by atoms with E-state index in [9.17, 15) is 15.0 Å². The van der Waals surface area contributed by atoms with Crippen LogP contribution < -0.4 is 0 Å². The average Bonchev–Trinajstić information content (AvgIpc) is 2.77. The minimum absolute atomic E-state index is 0.0641. The lowest BCUT2D eigenvalue weighted by atomic mass is 9.44. The van der Waals surface area contributed by atoms with Crippen LogP contribution in [-0.4, -0.2) is 28.2 Å². The number of ketones is 1. The van der Waals surface area contributed by atoms with Crippen LogP contribution in [-0.2, 0) is 4.79 Å². The van der Waals surface area contributed by atoms with E-state index >= 15 is 0 Å². The van der Waals surface area contributed by atoms with Gasteiger partial charge in [-0.25, -0.2) is 0 Å². The fraction of sp³-hybridized carbons (Fsp3) is 0.947. The van der Waals surface area contributed by atoms with Gasteiger partial charge < -0.3 is 10.2 Å². The maximum Gasteiger partial charge on any atom is 0.133 e. The Labute approximate surface area is 133 Å². The normalized spacial score (nSPS) is 57.9. The Morgan fingerprint density at radius 2 is 1.68 bits per heavy atom. The Morgan fingerprint density at radius 3 is 2.45 bits per heavy atom. The van der Waals surface area contributed by atoms with Crippen LogP contribution in [0.25, 0.3) is 0 Å². The number of hydrogen-bond acceptors (Lipinski definition) is 3. The molecule has 4 aliphatic rings. The highest BCUT2D eigenvalue weighted by Crippen LogP contribution is 2.65. The third kappa shape index (κ3) is 1.84. The van der Waals surface area contributed by atoms with Gasteiger partial charge in [0.1, 0.15) is 5.78 Å². The van der Waals surface area contributed by atoms with E-state index in [1.165, 1.54) is 6.42 Å². The van der Waals surface area contributed by atoms with E-state index in [2.05, 4.69) is 13.8 Å². The molecule has 0 heterocycles. The second-order valence-corrected chi connectivity index (χ2v) is 9.17. The van der Waals surface area contributed by atoms with Gasteiger partial charge in [-0.1, -0.05) is 13.8 Å². The minimum atomic E-state index is -0.324. The summed E-state index contributed by atoms with van der Waals surface area (Å²) in [5.41, 5.74) is 0.194. The van der Waals surface area contributed by atoms with Crippen LogP contribution in [0.4, 0.5) is 0 Å². The molecule has 3 heteroatoms. The lowest BCUT2D eigenvalue weighted by Gasteiger charge is -2.61. The van der Waals surface area contributed by atoms with Gasteiger partial charge in [0, 0.05) is 12.8 Å². The lowest BCUT2D eigenvalue weighted by Crippen LogP contribution is -2.58. The van der Waals surface area contributed by atoms with Gasteiger partial charge in [0.2, 0.25) is 0 Å². The molecule has 0 spiro atoms. The average molecular weight is 306 g/mol. The predicted octanol–water partition coefficient (Wildman–Crippen LogP) is 2.93. The second kappa shape index (κ2) is 4.80. The van der Waals surface area contributed by atoms with Crippen molar-refractivity contribution in [3.8, 4) is 0 Å². The summed E-state index contributed by atoms with van der Waals surface area (Å²) in [6.45, 7) is 4.62. The maximum atomic E-state index is 11.9. The first-order valence-corrected chi connectivity index (χ1v) is 9.24. The van der Waals surface area contributed by atoms with Crippen LogP contribution in [0.1, 0.15) is 65.2 Å². The van der Waals surface area contributed by atoms with Gasteiger partial charge in [0.15, 0.2) is 0 Å². The zero-order chi connectivity index (χ0) is 15.7. The molecule has 4 rings (SSSR count). The highest BCUT2D eigenvalue weighted by atomic mass is 16.3. The number of aliphatic hydroxyl groups excluding tert-OH is 2. The molecule has 4 saturated carbocycles. The molecular weight excluding hydrogens is 276 g/mol. The van der Waals surface area contributed by atoms with Gasteiger partial charge in [-0.05, 0) is 73.0 Å². The molecule has 0 aromatic rings. The van der Waals surface area contributed by atoms with Crippen molar-refractivity contribution in [2.24, 2.45) is 34.5 Å². The molecule has 0 aromatic carbocycles. The van der Waals surface area contributed by atoms with E-state index in [-0.39, 0.29) is 29.0 Å². The third-order valence-electron chi connectivity index (χ3n) is 8.45. The maximum absolute atomic E-state index is 11.9. The van der Waals surface area contributed by atoms with E-state index in [0.717, 1.165) is 32.1 Å². The Kier molecular flexibility index (Phi) is 3.30. The Balaban J connectivity index is 1.68. The number of Topliss-reactive ketones (excluding diaryl/α,β-unsaturated/α-hetero) is 1. The molecule has 4 fully saturated rings. The third-order valence-corrected chi connectivity index (χ3v) is 8.45. The van der Waals surface area contributed by atoms with Crippen molar-refractivity contribution in [1.29, 1.82) is 0 Å². The van der Waals surface area contributed by atoms with Crippen LogP contribution in [0.15, 0.2) is 0 Å². The van der Waals surface area contributed by atoms with Crippen LogP contribution in [0.3, 0.4) is 0 Å². The Hall–Kier alpha value is -0.410. The predicted molar refractivity (Wildman–Crippen MR) is 84.1 cm³/mol. The van der Waals surface area contributed by atoms with E-state index < -0.39 is 0 Å². The number of rotatable bonds is 0. The van der Waals surface area contributed by atoms with E-state index in [1.807, 2.05) is 0 Å². The van der Waals surface area contributed by atoms with Crippen molar-refractivity contribution >= 4 is 5.78 Å². The number of fused-ring (bicyclic) bond motifs is 5. The van der Waals surface area contributed by atoms with Crippen molar-refractivity contribution in [1.82, 2.24) is 0 Å². The topological polar surface area (TPSA) is 57.5 Å². The van der Waals surface area contributed by atoms with Gasteiger partial charge in [-0.3, -0.25) is 4.79 Å². The van der Waals surface area contributed by atoms with Crippen LogP contribution >= 0.6 is 0 Å². The molecule has 0 radical (unpaired) electrons. The second-order valence-electron chi connectivity index (χ2n) is 9.17. The van der Waals surface area contributed by atoms with Gasteiger partial charge in [-0.15, -0.1) is 0 Å². The molecule has 22 heavy (non-hydrogen) atoms.